The molecule has 208 valence electrons. The van der Waals surface area contributed by atoms with Crippen molar-refractivity contribution in [2.45, 2.75) is 51.5 Å². The number of ether oxygens (including phenoxy) is 2. The third-order valence-corrected chi connectivity index (χ3v) is 8.71. The molecule has 3 aliphatic heterocycles. The summed E-state index contributed by atoms with van der Waals surface area (Å²) in [5, 5.41) is 4.12. The second-order valence-electron chi connectivity index (χ2n) is 11.0. The van der Waals surface area contributed by atoms with Crippen molar-refractivity contribution in [2.24, 2.45) is 10.4 Å². The van der Waals surface area contributed by atoms with Gasteiger partial charge in [0.25, 0.3) is 0 Å². The summed E-state index contributed by atoms with van der Waals surface area (Å²) in [6, 6.07) is 13.5. The zero-order valence-electron chi connectivity index (χ0n) is 22.9. The van der Waals surface area contributed by atoms with Crippen LogP contribution >= 0.6 is 23.2 Å². The lowest BCUT2D eigenvalue weighted by molar-refractivity contribution is -0.123. The van der Waals surface area contributed by atoms with Crippen molar-refractivity contribution in [3.05, 3.63) is 92.9 Å². The molecule has 0 bridgehead atoms. The molecule has 1 N–H and O–H groups in total. The molecule has 6 rings (SSSR count). The van der Waals surface area contributed by atoms with Crippen LogP contribution in [0.3, 0.4) is 0 Å². The Labute approximate surface area is 243 Å². The molecule has 0 saturated carbocycles. The molecule has 0 aromatic heterocycles. The van der Waals surface area contributed by atoms with E-state index in [0.717, 1.165) is 11.1 Å². The smallest absolute Gasteiger partial charge is 0.330 e. The summed E-state index contributed by atoms with van der Waals surface area (Å²) >= 11 is 13.0. The predicted octanol–water partition coefficient (Wildman–Crippen LogP) is 6.00. The molecule has 8 nitrogen and oxygen atoms in total. The molecule has 1 saturated heterocycles. The minimum Gasteiger partial charge on any atom is -0.494 e. The van der Waals surface area contributed by atoms with Crippen LogP contribution in [-0.4, -0.2) is 52.9 Å². The van der Waals surface area contributed by atoms with Gasteiger partial charge in [0.15, 0.2) is 0 Å². The molecule has 2 unspecified atom stereocenters. The first kappa shape index (κ1) is 26.9. The van der Waals surface area contributed by atoms with E-state index >= 15 is 0 Å². The SMILES string of the molecule is COC1(C)C=C(OC(C)C)C2(C)C3=N[C@@H](c4ccc(Cl)cc4)[C@@H](c4ccccc4Cl)N3C(=O)N3CC(=O)NC1=C32. The number of amides is 3. The minimum atomic E-state index is -1.03. The highest BCUT2D eigenvalue weighted by molar-refractivity contribution is 6.31. The minimum absolute atomic E-state index is 0.146. The van der Waals surface area contributed by atoms with Gasteiger partial charge >= 0.3 is 6.03 Å². The lowest BCUT2D eigenvalue weighted by atomic mass is 9.71. The number of hydrogen-bond donors (Lipinski definition) is 1. The molecule has 1 aliphatic carbocycles. The fourth-order valence-corrected chi connectivity index (χ4v) is 6.57. The third kappa shape index (κ3) is 3.80. The lowest BCUT2D eigenvalue weighted by Gasteiger charge is -2.54. The molecule has 10 heteroatoms. The molecular formula is C30H30Cl2N4O4. The average molecular weight is 582 g/mol. The van der Waals surface area contributed by atoms with Gasteiger partial charge in [-0.15, -0.1) is 0 Å². The van der Waals surface area contributed by atoms with Gasteiger partial charge in [-0.1, -0.05) is 53.5 Å². The zero-order valence-corrected chi connectivity index (χ0v) is 24.4. The number of halogens is 2. The maximum atomic E-state index is 14.5. The standard InChI is InChI=1S/C30H30Cl2N4O4/c1-16(2)40-21-14-29(3,39-5)25-26-30(21,4)27-34-23(17-10-12-18(31)13-11-17)24(19-8-6-7-9-20(19)32)36(27)28(38)35(26)15-22(37)33-25/h6-14,16,23-24H,15H2,1-5H3,(H,33,37)/t23-,24+,29?,30?/m0/s1. The van der Waals surface area contributed by atoms with Crippen LogP contribution < -0.4 is 5.32 Å². The zero-order chi connectivity index (χ0) is 28.6. The Morgan fingerprint density at radius 1 is 1.07 bits per heavy atom. The Hall–Kier alpha value is -3.33. The van der Waals surface area contributed by atoms with Crippen LogP contribution in [-0.2, 0) is 14.3 Å². The highest BCUT2D eigenvalue weighted by Gasteiger charge is 2.63. The highest BCUT2D eigenvalue weighted by Crippen LogP contribution is 2.58. The molecule has 3 heterocycles. The van der Waals surface area contributed by atoms with Gasteiger partial charge in [-0.25, -0.2) is 4.79 Å². The fourth-order valence-electron chi connectivity index (χ4n) is 6.19. The van der Waals surface area contributed by atoms with E-state index in [1.165, 1.54) is 4.90 Å². The van der Waals surface area contributed by atoms with E-state index in [4.69, 9.17) is 37.7 Å². The second-order valence-corrected chi connectivity index (χ2v) is 11.9. The molecule has 1 fully saturated rings. The largest absolute Gasteiger partial charge is 0.494 e. The number of carbonyl (C=O) groups is 2. The topological polar surface area (TPSA) is 83.5 Å². The number of amidine groups is 1. The number of carbonyl (C=O) groups excluding carboxylic acids is 2. The van der Waals surface area contributed by atoms with Crippen molar-refractivity contribution in [3.8, 4) is 0 Å². The number of nitrogens with zero attached hydrogens (tertiary/aromatic N) is 3. The highest BCUT2D eigenvalue weighted by atomic mass is 35.5. The Balaban J connectivity index is 1.64. The number of urea groups is 1. The predicted molar refractivity (Wildman–Crippen MR) is 153 cm³/mol. The van der Waals surface area contributed by atoms with Crippen LogP contribution in [0.1, 0.15) is 50.9 Å². The van der Waals surface area contributed by atoms with Gasteiger partial charge in [-0.2, -0.15) is 0 Å². The van der Waals surface area contributed by atoms with Gasteiger partial charge in [-0.05, 0) is 63.1 Å². The summed E-state index contributed by atoms with van der Waals surface area (Å²) in [6.45, 7) is 7.58. The molecule has 2 aromatic rings. The summed E-state index contributed by atoms with van der Waals surface area (Å²) in [5.74, 6) is 0.812. The van der Waals surface area contributed by atoms with Gasteiger partial charge in [0.2, 0.25) is 5.91 Å². The van der Waals surface area contributed by atoms with Crippen molar-refractivity contribution < 1.29 is 19.1 Å². The van der Waals surface area contributed by atoms with Crippen LogP contribution in [0.25, 0.3) is 0 Å². The molecule has 40 heavy (non-hydrogen) atoms. The molecule has 0 spiro atoms. The number of benzene rings is 2. The fraction of sp³-hybridized carbons (Fsp3) is 0.367. The third-order valence-electron chi connectivity index (χ3n) is 8.12. The van der Waals surface area contributed by atoms with E-state index in [1.54, 1.807) is 18.1 Å². The summed E-state index contributed by atoms with van der Waals surface area (Å²) in [4.78, 5) is 36.0. The van der Waals surface area contributed by atoms with Gasteiger partial charge in [0, 0.05) is 17.2 Å². The summed E-state index contributed by atoms with van der Waals surface area (Å²) in [7, 11) is 1.57. The van der Waals surface area contributed by atoms with E-state index in [-0.39, 0.29) is 24.6 Å². The number of hydrogen-bond acceptors (Lipinski definition) is 5. The van der Waals surface area contributed by atoms with E-state index < -0.39 is 23.1 Å². The first-order chi connectivity index (χ1) is 19.0. The summed E-state index contributed by atoms with van der Waals surface area (Å²) < 4.78 is 12.4. The maximum absolute atomic E-state index is 14.5. The van der Waals surface area contributed by atoms with E-state index in [9.17, 15) is 9.59 Å². The van der Waals surface area contributed by atoms with E-state index in [0.29, 0.717) is 33.0 Å². The van der Waals surface area contributed by atoms with Crippen LogP contribution in [0.4, 0.5) is 4.79 Å². The van der Waals surface area contributed by atoms with E-state index in [1.807, 2.05) is 76.2 Å². The Kier molecular flexibility index (Phi) is 6.29. The molecule has 3 amide bonds. The van der Waals surface area contributed by atoms with Gasteiger partial charge in [0.05, 0.1) is 23.5 Å². The van der Waals surface area contributed by atoms with Gasteiger partial charge in [0.1, 0.15) is 35.2 Å². The van der Waals surface area contributed by atoms with Crippen LogP contribution in [0.2, 0.25) is 10.0 Å². The molecule has 4 atom stereocenters. The van der Waals surface area contributed by atoms with Crippen molar-refractivity contribution in [3.63, 3.8) is 0 Å². The van der Waals surface area contributed by atoms with Crippen LogP contribution in [0, 0.1) is 5.41 Å². The van der Waals surface area contributed by atoms with Crippen molar-refractivity contribution in [1.29, 1.82) is 0 Å². The Morgan fingerprint density at radius 2 is 1.77 bits per heavy atom. The Morgan fingerprint density at radius 3 is 2.42 bits per heavy atom. The molecule has 2 aromatic carbocycles. The quantitative estimate of drug-likeness (QED) is 0.470. The Bertz CT molecular complexity index is 1520. The normalized spacial score (nSPS) is 29.2. The number of methoxy groups -OCH3 is 1. The van der Waals surface area contributed by atoms with Crippen molar-refractivity contribution >= 4 is 41.0 Å². The number of nitrogens with one attached hydrogen (secondary N) is 1. The first-order valence-corrected chi connectivity index (χ1v) is 13.9. The van der Waals surface area contributed by atoms with Gasteiger partial charge in [-0.3, -0.25) is 19.6 Å². The number of fused-ring (bicyclic) bond motifs is 2. The maximum Gasteiger partial charge on any atom is 0.330 e. The van der Waals surface area contributed by atoms with E-state index in [2.05, 4.69) is 5.32 Å². The average Bonchev–Trinajstić information content (AvgIpc) is 3.32. The molecule has 0 radical (unpaired) electrons. The lowest BCUT2D eigenvalue weighted by Crippen LogP contribution is -2.66. The molecular weight excluding hydrogens is 551 g/mol. The van der Waals surface area contributed by atoms with Crippen molar-refractivity contribution in [1.82, 2.24) is 15.1 Å². The molecule has 4 aliphatic rings. The number of rotatable bonds is 5. The van der Waals surface area contributed by atoms with Gasteiger partial charge < -0.3 is 14.8 Å². The number of aliphatic imine (C=N–C) groups is 1. The van der Waals surface area contributed by atoms with Crippen LogP contribution in [0.5, 0.6) is 0 Å². The summed E-state index contributed by atoms with van der Waals surface area (Å²) in [6.07, 6.45) is 1.71. The monoisotopic (exact) mass is 580 g/mol. The summed E-state index contributed by atoms with van der Waals surface area (Å²) in [5.41, 5.74) is 0.685. The first-order valence-electron chi connectivity index (χ1n) is 13.2. The second kappa shape index (κ2) is 9.36. The van der Waals surface area contributed by atoms with Crippen molar-refractivity contribution in [2.75, 3.05) is 13.7 Å². The van der Waals surface area contributed by atoms with Crippen LogP contribution in [0.15, 0.2) is 76.8 Å².